The first-order valence-electron chi connectivity index (χ1n) is 21.9. The number of nitrogens with zero attached hydrogens (tertiary/aromatic N) is 3. The molecule has 2 aliphatic heterocycles. The molecule has 0 fully saturated rings. The van der Waals surface area contributed by atoms with Gasteiger partial charge in [0.25, 0.3) is 5.82 Å². The Kier molecular flexibility index (Phi) is 9.60. The van der Waals surface area contributed by atoms with Gasteiger partial charge in [-0.25, -0.2) is 0 Å². The normalized spacial score (nSPS) is 16.6. The van der Waals surface area contributed by atoms with Crippen LogP contribution in [0.4, 0.5) is 0 Å². The number of imidazole rings is 1. The van der Waals surface area contributed by atoms with Crippen molar-refractivity contribution in [2.45, 2.75) is 90.5 Å². The molecule has 2 aliphatic rings. The average Bonchev–Trinajstić information content (AvgIpc) is 3.79. The van der Waals surface area contributed by atoms with Crippen LogP contribution in [0.25, 0.3) is 65.1 Å². The van der Waals surface area contributed by atoms with Crippen molar-refractivity contribution in [2.24, 2.45) is 4.99 Å². The molecule has 4 heteroatoms. The molecule has 8 aromatic rings. The maximum atomic E-state index is 5.50. The van der Waals surface area contributed by atoms with Gasteiger partial charge in [-0.2, -0.15) is 9.13 Å². The van der Waals surface area contributed by atoms with E-state index in [1.54, 1.807) is 0 Å². The lowest BCUT2D eigenvalue weighted by Gasteiger charge is -2.32. The van der Waals surface area contributed by atoms with Crippen LogP contribution in [0.15, 0.2) is 146 Å². The predicted molar refractivity (Wildman–Crippen MR) is 257 cm³/mol. The molecule has 0 saturated heterocycles. The summed E-state index contributed by atoms with van der Waals surface area (Å²) in [4.78, 5) is 5.50. The number of rotatable bonds is 6. The number of aromatic nitrogens is 2. The highest BCUT2D eigenvalue weighted by Crippen LogP contribution is 2.46. The molecule has 0 radical (unpaired) electrons. The van der Waals surface area contributed by atoms with Crippen LogP contribution in [0.2, 0.25) is 0 Å². The molecular weight excluding hydrogens is 747 g/mol. The molecule has 6 aromatic carbocycles. The van der Waals surface area contributed by atoms with Gasteiger partial charge >= 0.3 is 0 Å². The molecule has 298 valence electrons. The first kappa shape index (κ1) is 38.4. The summed E-state index contributed by atoms with van der Waals surface area (Å²) in [6.07, 6.45) is 4.60. The highest BCUT2D eigenvalue weighted by molar-refractivity contribution is 7.25. The maximum absolute atomic E-state index is 5.50. The molecule has 0 saturated carbocycles. The third-order valence-corrected chi connectivity index (χ3v) is 14.4. The molecule has 10 rings (SSSR count). The van der Waals surface area contributed by atoms with Crippen molar-refractivity contribution < 1.29 is 4.57 Å². The van der Waals surface area contributed by atoms with E-state index in [0.717, 1.165) is 36.2 Å². The average molecular weight is 801 g/mol. The standard InChI is InChI=1S/C56H54N3S/c1-9-49-42-20-14-13-19-41(42)43-25-24-39-31-54-48(44-26-23-38(33(2)3)30-53(44)60-54)32-47(39)56-58(36(8)27-50(43)57-49)51-21-15-16-22-52(51)59(56)55-45(34(4)5)28-40(29-46(55)35(6)7)37-17-11-10-12-18-37/h9-23,26,28-35,43,50H,1,8,24-25,27H2,2-7H3/q+1. The summed E-state index contributed by atoms with van der Waals surface area (Å²) in [6.45, 7) is 23.2. The lowest BCUT2D eigenvalue weighted by molar-refractivity contribution is -0.542. The number of para-hydroxylation sites is 2. The zero-order valence-electron chi connectivity index (χ0n) is 35.8. The van der Waals surface area contributed by atoms with Crippen LogP contribution in [0, 0.1) is 0 Å². The molecule has 0 aliphatic carbocycles. The van der Waals surface area contributed by atoms with Crippen LogP contribution in [-0.2, 0) is 6.42 Å². The van der Waals surface area contributed by atoms with Crippen LogP contribution >= 0.6 is 11.3 Å². The van der Waals surface area contributed by atoms with E-state index in [4.69, 9.17) is 11.6 Å². The summed E-state index contributed by atoms with van der Waals surface area (Å²) in [5.41, 5.74) is 17.5. The smallest absolute Gasteiger partial charge is 0.280 e. The second kappa shape index (κ2) is 15.0. The molecule has 2 atom stereocenters. The van der Waals surface area contributed by atoms with E-state index in [-0.39, 0.29) is 23.8 Å². The Morgan fingerprint density at radius 3 is 2.15 bits per heavy atom. The fraction of sp³-hybridized carbons (Fsp3) is 0.250. The molecule has 0 spiro atoms. The van der Waals surface area contributed by atoms with E-state index < -0.39 is 0 Å². The van der Waals surface area contributed by atoms with Crippen molar-refractivity contribution in [3.05, 3.63) is 174 Å². The van der Waals surface area contributed by atoms with Gasteiger partial charge in [0.15, 0.2) is 11.0 Å². The van der Waals surface area contributed by atoms with Crippen molar-refractivity contribution in [1.82, 2.24) is 4.57 Å². The van der Waals surface area contributed by atoms with E-state index in [0.29, 0.717) is 5.92 Å². The zero-order valence-corrected chi connectivity index (χ0v) is 36.6. The monoisotopic (exact) mass is 800 g/mol. The van der Waals surface area contributed by atoms with E-state index in [1.165, 1.54) is 87.3 Å². The van der Waals surface area contributed by atoms with Gasteiger partial charge in [-0.1, -0.05) is 134 Å². The second-order valence-electron chi connectivity index (χ2n) is 18.0. The Morgan fingerprint density at radius 2 is 1.42 bits per heavy atom. The Morgan fingerprint density at radius 1 is 0.717 bits per heavy atom. The van der Waals surface area contributed by atoms with E-state index in [1.807, 2.05) is 17.4 Å². The van der Waals surface area contributed by atoms with E-state index >= 15 is 0 Å². The van der Waals surface area contributed by atoms with Crippen LogP contribution in [-0.4, -0.2) is 16.3 Å². The van der Waals surface area contributed by atoms with Crippen LogP contribution in [0.3, 0.4) is 0 Å². The number of fused-ring (bicyclic) bond motifs is 11. The third kappa shape index (κ3) is 6.22. The SMILES string of the molecule is C=CC1=NC2CC(=C)[n+]3c(n(-c4c(C(C)C)cc(-c5ccccc5)cc4C(C)C)c4ccccc43)-c3cc4c(cc3CCC2c2ccccc21)sc1cc(C(C)C)ccc14. The van der Waals surface area contributed by atoms with Crippen LogP contribution in [0.5, 0.6) is 0 Å². The predicted octanol–water partition coefficient (Wildman–Crippen LogP) is 14.9. The first-order chi connectivity index (χ1) is 29.1. The fourth-order valence-electron chi connectivity index (χ4n) is 10.2. The molecule has 0 amide bonds. The largest absolute Gasteiger partial charge is 0.300 e. The Balaban J connectivity index is 1.32. The zero-order chi connectivity index (χ0) is 41.4. The minimum atomic E-state index is 0.0366. The summed E-state index contributed by atoms with van der Waals surface area (Å²) in [5.74, 6) is 2.45. The van der Waals surface area contributed by atoms with Crippen molar-refractivity contribution in [3.8, 4) is 28.2 Å². The number of aliphatic imine (C=N–C) groups is 1. The van der Waals surface area contributed by atoms with Gasteiger partial charge in [-0.05, 0) is 107 Å². The number of hydrogen-bond donors (Lipinski definition) is 0. The van der Waals surface area contributed by atoms with E-state index in [2.05, 4.69) is 179 Å². The van der Waals surface area contributed by atoms with Crippen LogP contribution in [0.1, 0.15) is 111 Å². The fourth-order valence-corrected chi connectivity index (χ4v) is 11.4. The third-order valence-electron chi connectivity index (χ3n) is 13.2. The van der Waals surface area contributed by atoms with Crippen molar-refractivity contribution in [1.29, 1.82) is 0 Å². The minimum Gasteiger partial charge on any atom is -0.280 e. The minimum absolute atomic E-state index is 0.0366. The van der Waals surface area contributed by atoms with Crippen molar-refractivity contribution in [3.63, 3.8) is 0 Å². The number of hydrogen-bond acceptors (Lipinski definition) is 2. The summed E-state index contributed by atoms with van der Waals surface area (Å²) in [6, 6.07) is 45.9. The summed E-state index contributed by atoms with van der Waals surface area (Å²) < 4.78 is 7.84. The first-order valence-corrected chi connectivity index (χ1v) is 22.7. The molecule has 0 bridgehead atoms. The van der Waals surface area contributed by atoms with Crippen LogP contribution < -0.4 is 4.57 Å². The molecule has 4 heterocycles. The topological polar surface area (TPSA) is 21.2 Å². The molecule has 2 unspecified atom stereocenters. The van der Waals surface area contributed by atoms with Gasteiger partial charge in [0.2, 0.25) is 0 Å². The lowest BCUT2D eigenvalue weighted by atomic mass is 9.78. The highest BCUT2D eigenvalue weighted by Gasteiger charge is 2.39. The summed E-state index contributed by atoms with van der Waals surface area (Å²) >= 11 is 1.94. The molecule has 0 N–H and O–H groups in total. The molecule has 3 nitrogen and oxygen atoms in total. The van der Waals surface area contributed by atoms with Gasteiger partial charge in [0.1, 0.15) is 11.4 Å². The summed E-state index contributed by atoms with van der Waals surface area (Å²) in [5, 5.41) is 2.65. The quantitative estimate of drug-likeness (QED) is 0.149. The van der Waals surface area contributed by atoms with Gasteiger partial charge in [0.05, 0.1) is 17.3 Å². The Labute approximate surface area is 359 Å². The number of aryl methyl sites for hydroxylation is 1. The van der Waals surface area contributed by atoms with Crippen molar-refractivity contribution in [2.75, 3.05) is 0 Å². The highest BCUT2D eigenvalue weighted by atomic mass is 32.1. The second-order valence-corrected chi connectivity index (χ2v) is 19.1. The molecule has 2 aromatic heterocycles. The molecule has 60 heavy (non-hydrogen) atoms. The van der Waals surface area contributed by atoms with E-state index in [9.17, 15) is 0 Å². The van der Waals surface area contributed by atoms with Gasteiger partial charge in [-0.15, -0.1) is 11.3 Å². The number of allylic oxidation sites excluding steroid dienone is 1. The van der Waals surface area contributed by atoms with Gasteiger partial charge in [0, 0.05) is 49.2 Å². The maximum Gasteiger partial charge on any atom is 0.300 e. The van der Waals surface area contributed by atoms with Gasteiger partial charge < -0.3 is 0 Å². The number of thiophene rings is 1. The lowest BCUT2D eigenvalue weighted by Crippen LogP contribution is -2.38. The van der Waals surface area contributed by atoms with Gasteiger partial charge in [-0.3, -0.25) is 4.99 Å². The summed E-state index contributed by atoms with van der Waals surface area (Å²) in [7, 11) is 0. The van der Waals surface area contributed by atoms with Crippen molar-refractivity contribution >= 4 is 54.0 Å². The Hall–Kier alpha value is -5.84. The number of benzene rings is 6. The Bertz CT molecular complexity index is 3010. The molecular formula is C56H54N3S+.